The number of aliphatic hydroxyl groups is 1. The first kappa shape index (κ1) is 15.0. The lowest BCUT2D eigenvalue weighted by atomic mass is 9.99. The van der Waals surface area contributed by atoms with Gasteiger partial charge in [-0.1, -0.05) is 22.0 Å². The number of rotatable bonds is 3. The van der Waals surface area contributed by atoms with Gasteiger partial charge in [0.2, 0.25) is 0 Å². The van der Waals surface area contributed by atoms with Crippen molar-refractivity contribution in [3.05, 3.63) is 61.8 Å². The number of aliphatic hydroxyl groups excluding tert-OH is 1. The molecule has 0 aliphatic carbocycles. The Morgan fingerprint density at radius 3 is 2.81 bits per heavy atom. The summed E-state index contributed by atoms with van der Waals surface area (Å²) in [6.45, 7) is 0.668. The monoisotopic (exact) mass is 414 g/mol. The van der Waals surface area contributed by atoms with E-state index >= 15 is 0 Å². The average Bonchev–Trinajstić information content (AvgIpc) is 2.90. The third-order valence-electron chi connectivity index (χ3n) is 3.57. The number of fused-ring (bicyclic) bond motifs is 1. The van der Waals surface area contributed by atoms with E-state index in [-0.39, 0.29) is 5.82 Å². The Bertz CT molecular complexity index is 688. The molecule has 0 saturated heterocycles. The molecule has 1 atom stereocenters. The number of halogens is 3. The second kappa shape index (κ2) is 6.07. The van der Waals surface area contributed by atoms with Gasteiger partial charge in [0, 0.05) is 17.3 Å². The van der Waals surface area contributed by atoms with Gasteiger partial charge in [-0.25, -0.2) is 4.39 Å². The van der Waals surface area contributed by atoms with Crippen LogP contribution in [0.1, 0.15) is 22.8 Å². The van der Waals surface area contributed by atoms with Crippen molar-refractivity contribution in [2.45, 2.75) is 18.9 Å². The lowest BCUT2D eigenvalue weighted by molar-refractivity contribution is 0.176. The fourth-order valence-electron chi connectivity index (χ4n) is 2.54. The van der Waals surface area contributed by atoms with Gasteiger partial charge in [-0.3, -0.25) is 0 Å². The molecule has 1 aliphatic heterocycles. The summed E-state index contributed by atoms with van der Waals surface area (Å²) in [5.74, 6) is 0.483. The van der Waals surface area contributed by atoms with Crippen molar-refractivity contribution in [2.75, 3.05) is 6.61 Å². The van der Waals surface area contributed by atoms with E-state index in [1.54, 1.807) is 12.1 Å². The summed E-state index contributed by atoms with van der Waals surface area (Å²) in [6.07, 6.45) is 0.503. The molecule has 2 aromatic carbocycles. The fraction of sp³-hybridized carbons (Fsp3) is 0.250. The van der Waals surface area contributed by atoms with Gasteiger partial charge < -0.3 is 9.84 Å². The van der Waals surface area contributed by atoms with Crippen molar-refractivity contribution in [2.24, 2.45) is 0 Å². The third kappa shape index (κ3) is 3.15. The molecule has 3 rings (SSSR count). The van der Waals surface area contributed by atoms with Crippen molar-refractivity contribution >= 4 is 31.9 Å². The highest BCUT2D eigenvalue weighted by Gasteiger charge is 2.20. The molecule has 1 heterocycles. The molecule has 1 N–H and O–H groups in total. The van der Waals surface area contributed by atoms with Crippen molar-refractivity contribution in [1.29, 1.82) is 0 Å². The third-order valence-corrected chi connectivity index (χ3v) is 4.67. The summed E-state index contributed by atoms with van der Waals surface area (Å²) in [7, 11) is 0. The normalized spacial score (nSPS) is 14.7. The predicted octanol–water partition coefficient (Wildman–Crippen LogP) is 4.56. The van der Waals surface area contributed by atoms with Crippen molar-refractivity contribution in [3.8, 4) is 5.75 Å². The molecule has 0 saturated carbocycles. The quantitative estimate of drug-likeness (QED) is 0.796. The van der Waals surface area contributed by atoms with Gasteiger partial charge in [-0.2, -0.15) is 0 Å². The van der Waals surface area contributed by atoms with Crippen LogP contribution >= 0.6 is 31.9 Å². The average molecular weight is 416 g/mol. The molecule has 0 amide bonds. The van der Waals surface area contributed by atoms with E-state index in [0.717, 1.165) is 27.8 Å². The molecule has 0 aromatic heterocycles. The summed E-state index contributed by atoms with van der Waals surface area (Å²) >= 11 is 6.59. The van der Waals surface area contributed by atoms with E-state index in [4.69, 9.17) is 4.74 Å². The minimum absolute atomic E-state index is 0.373. The topological polar surface area (TPSA) is 29.5 Å². The van der Waals surface area contributed by atoms with Gasteiger partial charge in [-0.15, -0.1) is 0 Å². The molecule has 110 valence electrons. The van der Waals surface area contributed by atoms with Crippen molar-refractivity contribution < 1.29 is 14.2 Å². The Morgan fingerprint density at radius 2 is 2.05 bits per heavy atom. The van der Waals surface area contributed by atoms with Gasteiger partial charge in [0.05, 0.1) is 17.2 Å². The summed E-state index contributed by atoms with van der Waals surface area (Å²) in [5.41, 5.74) is 2.64. The molecule has 0 bridgehead atoms. The smallest absolute Gasteiger partial charge is 0.137 e. The molecule has 2 nitrogen and oxygen atoms in total. The summed E-state index contributed by atoms with van der Waals surface area (Å²) in [6, 6.07) is 8.67. The van der Waals surface area contributed by atoms with Crippen LogP contribution < -0.4 is 4.74 Å². The highest BCUT2D eigenvalue weighted by Crippen LogP contribution is 2.35. The van der Waals surface area contributed by atoms with Gasteiger partial charge in [-0.05, 0) is 56.9 Å². The van der Waals surface area contributed by atoms with Crippen LogP contribution in [0.5, 0.6) is 5.75 Å². The zero-order chi connectivity index (χ0) is 15.0. The second-order valence-electron chi connectivity index (χ2n) is 5.05. The van der Waals surface area contributed by atoms with Gasteiger partial charge in [0.15, 0.2) is 0 Å². The van der Waals surface area contributed by atoms with Crippen LogP contribution in [-0.2, 0) is 12.8 Å². The van der Waals surface area contributed by atoms with E-state index in [9.17, 15) is 9.50 Å². The minimum atomic E-state index is -0.768. The first-order valence-corrected chi connectivity index (χ1v) is 8.20. The first-order chi connectivity index (χ1) is 10.0. The molecule has 0 spiro atoms. The standard InChI is InChI=1S/C16H13Br2FO2/c17-12-5-10-3-4-21-16(10)11(6-12)8-15(20)9-1-2-13(18)14(19)7-9/h1-2,5-7,15,20H,3-4,8H2. The number of benzene rings is 2. The predicted molar refractivity (Wildman–Crippen MR) is 86.1 cm³/mol. The van der Waals surface area contributed by atoms with Gasteiger partial charge >= 0.3 is 0 Å². The summed E-state index contributed by atoms with van der Waals surface area (Å²) in [4.78, 5) is 0. The molecule has 21 heavy (non-hydrogen) atoms. The molecule has 5 heteroatoms. The Hall–Kier alpha value is -0.910. The Kier molecular flexibility index (Phi) is 4.33. The lowest BCUT2D eigenvalue weighted by Crippen LogP contribution is -2.04. The van der Waals surface area contributed by atoms with Crippen LogP contribution in [0, 0.1) is 5.82 Å². The molecule has 1 unspecified atom stereocenters. The van der Waals surface area contributed by atoms with E-state index in [0.29, 0.717) is 23.1 Å². The van der Waals surface area contributed by atoms with E-state index in [1.165, 1.54) is 6.07 Å². The maximum absolute atomic E-state index is 13.6. The van der Waals surface area contributed by atoms with E-state index in [2.05, 4.69) is 31.9 Å². The molecule has 0 fully saturated rings. The zero-order valence-corrected chi connectivity index (χ0v) is 14.2. The van der Waals surface area contributed by atoms with Crippen LogP contribution in [0.2, 0.25) is 0 Å². The first-order valence-electron chi connectivity index (χ1n) is 6.61. The molecule has 2 aromatic rings. The SMILES string of the molecule is OC(Cc1cc(Br)cc2c1OCC2)c1ccc(Br)c(F)c1. The fourth-order valence-corrected chi connectivity index (χ4v) is 3.34. The van der Waals surface area contributed by atoms with Crippen LogP contribution in [0.25, 0.3) is 0 Å². The Morgan fingerprint density at radius 1 is 1.24 bits per heavy atom. The Balaban J connectivity index is 1.88. The lowest BCUT2D eigenvalue weighted by Gasteiger charge is -2.14. The second-order valence-corrected chi connectivity index (χ2v) is 6.82. The zero-order valence-electron chi connectivity index (χ0n) is 11.1. The number of hydrogen-bond donors (Lipinski definition) is 1. The molecular formula is C16H13Br2FO2. The van der Waals surface area contributed by atoms with Crippen LogP contribution in [0.3, 0.4) is 0 Å². The number of hydrogen-bond acceptors (Lipinski definition) is 2. The summed E-state index contributed by atoms with van der Waals surface area (Å²) in [5, 5.41) is 10.4. The highest BCUT2D eigenvalue weighted by atomic mass is 79.9. The maximum atomic E-state index is 13.6. The minimum Gasteiger partial charge on any atom is -0.493 e. The molecule has 1 aliphatic rings. The molecule has 0 radical (unpaired) electrons. The highest BCUT2D eigenvalue weighted by molar-refractivity contribution is 9.10. The Labute approximate surface area is 139 Å². The van der Waals surface area contributed by atoms with Crippen LogP contribution in [0.15, 0.2) is 39.3 Å². The van der Waals surface area contributed by atoms with Gasteiger partial charge in [0.25, 0.3) is 0 Å². The van der Waals surface area contributed by atoms with E-state index in [1.807, 2.05) is 12.1 Å². The van der Waals surface area contributed by atoms with Crippen molar-refractivity contribution in [1.82, 2.24) is 0 Å². The van der Waals surface area contributed by atoms with Crippen LogP contribution in [0.4, 0.5) is 4.39 Å². The number of ether oxygens (including phenoxy) is 1. The van der Waals surface area contributed by atoms with Crippen molar-refractivity contribution in [3.63, 3.8) is 0 Å². The van der Waals surface area contributed by atoms with Crippen LogP contribution in [-0.4, -0.2) is 11.7 Å². The van der Waals surface area contributed by atoms with Gasteiger partial charge in [0.1, 0.15) is 11.6 Å². The summed E-state index contributed by atoms with van der Waals surface area (Å²) < 4.78 is 20.6. The maximum Gasteiger partial charge on any atom is 0.137 e. The van der Waals surface area contributed by atoms with E-state index < -0.39 is 6.10 Å². The largest absolute Gasteiger partial charge is 0.493 e. The molecular weight excluding hydrogens is 403 g/mol.